The molecule has 1 aromatic rings. The average molecular weight is 239 g/mol. The van der Waals surface area contributed by atoms with E-state index in [1.165, 1.54) is 6.20 Å². The van der Waals surface area contributed by atoms with Crippen molar-refractivity contribution in [2.24, 2.45) is 0 Å². The second kappa shape index (κ2) is 5.73. The zero-order chi connectivity index (χ0) is 12.8. The third kappa shape index (κ3) is 5.62. The Morgan fingerprint density at radius 2 is 2.06 bits per heavy atom. The molecule has 1 aromatic heterocycles. The van der Waals surface area contributed by atoms with Crippen LogP contribution in [0.4, 0.5) is 19.0 Å². The molecule has 90 valence electrons. The first kappa shape index (κ1) is 13.9. The van der Waals surface area contributed by atoms with Gasteiger partial charge in [0.2, 0.25) is 0 Å². The van der Waals surface area contributed by atoms with Crippen LogP contribution in [-0.4, -0.2) is 34.6 Å². The highest BCUT2D eigenvalue weighted by molar-refractivity contribution is 5.73. The maximum Gasteiger partial charge on any atom is 0.490 e. The number of hydrogen-bond acceptors (Lipinski definition) is 5. The first-order chi connectivity index (χ1) is 7.27. The van der Waals surface area contributed by atoms with Crippen molar-refractivity contribution in [3.63, 3.8) is 0 Å². The van der Waals surface area contributed by atoms with Crippen molar-refractivity contribution < 1.29 is 27.8 Å². The average Bonchev–Trinajstić information content (AvgIpc) is 2.17. The number of aromatic nitrogens is 2. The van der Waals surface area contributed by atoms with Gasteiger partial charge < -0.3 is 15.6 Å². The number of carboxylic acid groups (broad SMARTS) is 1. The molecule has 0 aliphatic rings. The molecule has 9 heteroatoms. The van der Waals surface area contributed by atoms with Crippen LogP contribution in [0, 0.1) is 0 Å². The highest BCUT2D eigenvalue weighted by Gasteiger charge is 2.38. The molecule has 0 radical (unpaired) electrons. The van der Waals surface area contributed by atoms with Crippen molar-refractivity contribution in [1.29, 1.82) is 0 Å². The zero-order valence-electron chi connectivity index (χ0n) is 8.02. The van der Waals surface area contributed by atoms with Crippen molar-refractivity contribution in [2.75, 3.05) is 12.8 Å². The number of halogens is 3. The Balaban J connectivity index is 0.000000293. The van der Waals surface area contributed by atoms with E-state index in [0.29, 0.717) is 11.6 Å². The monoisotopic (exact) mass is 239 g/mol. The lowest BCUT2D eigenvalue weighted by Crippen LogP contribution is -2.21. The van der Waals surface area contributed by atoms with Crippen LogP contribution in [0.3, 0.4) is 0 Å². The Labute approximate surface area is 87.8 Å². The van der Waals surface area contributed by atoms with Crippen molar-refractivity contribution in [3.05, 3.63) is 12.3 Å². The molecule has 3 N–H and O–H groups in total. The number of nitrogens with two attached hydrogens (primary N) is 1. The van der Waals surface area contributed by atoms with E-state index in [2.05, 4.69) is 10.2 Å². The number of ether oxygens (including phenoxy) is 1. The lowest BCUT2D eigenvalue weighted by atomic mass is 10.5. The van der Waals surface area contributed by atoms with E-state index in [1.54, 1.807) is 13.2 Å². The Morgan fingerprint density at radius 1 is 1.56 bits per heavy atom. The van der Waals surface area contributed by atoms with Crippen LogP contribution in [0.1, 0.15) is 0 Å². The predicted octanol–water partition coefficient (Wildman–Crippen LogP) is 0.701. The van der Waals surface area contributed by atoms with Gasteiger partial charge in [0.1, 0.15) is 11.6 Å². The van der Waals surface area contributed by atoms with Crippen LogP contribution in [-0.2, 0) is 4.79 Å². The maximum absolute atomic E-state index is 10.6. The molecule has 0 amide bonds. The molecule has 0 aliphatic heterocycles. The summed E-state index contributed by atoms with van der Waals surface area (Å²) in [6, 6.07) is 1.60. The van der Waals surface area contributed by atoms with Gasteiger partial charge in [0.25, 0.3) is 0 Å². The fourth-order valence-electron chi connectivity index (χ4n) is 0.476. The summed E-state index contributed by atoms with van der Waals surface area (Å²) in [7, 11) is 1.55. The van der Waals surface area contributed by atoms with Gasteiger partial charge in [0, 0.05) is 6.07 Å². The fourth-order valence-corrected chi connectivity index (χ4v) is 0.476. The molecule has 16 heavy (non-hydrogen) atoms. The van der Waals surface area contributed by atoms with E-state index in [-0.39, 0.29) is 0 Å². The van der Waals surface area contributed by atoms with Gasteiger partial charge in [-0.05, 0) is 0 Å². The molecule has 0 saturated heterocycles. The van der Waals surface area contributed by atoms with E-state index in [4.69, 9.17) is 20.4 Å². The summed E-state index contributed by atoms with van der Waals surface area (Å²) < 4.78 is 36.5. The Kier molecular flexibility index (Phi) is 4.99. The van der Waals surface area contributed by atoms with Crippen LogP contribution >= 0.6 is 0 Å². The highest BCUT2D eigenvalue weighted by Crippen LogP contribution is 2.13. The largest absolute Gasteiger partial charge is 0.495 e. The molecular formula is C7H8F3N3O3. The zero-order valence-corrected chi connectivity index (χ0v) is 8.02. The first-order valence-corrected chi connectivity index (χ1v) is 3.69. The minimum absolute atomic E-state index is 0.370. The number of alkyl halides is 3. The van der Waals surface area contributed by atoms with Gasteiger partial charge in [-0.25, -0.2) is 4.79 Å². The Hall–Kier alpha value is -2.06. The summed E-state index contributed by atoms with van der Waals surface area (Å²) in [4.78, 5) is 8.90. The van der Waals surface area contributed by atoms with Crippen LogP contribution in [0.25, 0.3) is 0 Å². The fraction of sp³-hybridized carbons (Fsp3) is 0.286. The molecule has 0 fully saturated rings. The third-order valence-corrected chi connectivity index (χ3v) is 1.13. The Morgan fingerprint density at radius 3 is 2.31 bits per heavy atom. The van der Waals surface area contributed by atoms with E-state index in [0.717, 1.165) is 0 Å². The number of carbonyl (C=O) groups is 1. The minimum Gasteiger partial charge on any atom is -0.495 e. The molecule has 0 atom stereocenters. The van der Waals surface area contributed by atoms with Crippen molar-refractivity contribution in [1.82, 2.24) is 10.2 Å². The molecular weight excluding hydrogens is 231 g/mol. The topological polar surface area (TPSA) is 98.3 Å². The van der Waals surface area contributed by atoms with Crippen molar-refractivity contribution in [2.45, 2.75) is 6.18 Å². The third-order valence-electron chi connectivity index (χ3n) is 1.13. The summed E-state index contributed by atoms with van der Waals surface area (Å²) in [6.45, 7) is 0. The minimum atomic E-state index is -5.08. The first-order valence-electron chi connectivity index (χ1n) is 3.69. The number of aliphatic carboxylic acids is 1. The number of anilines is 1. The van der Waals surface area contributed by atoms with Gasteiger partial charge in [-0.2, -0.15) is 18.3 Å². The van der Waals surface area contributed by atoms with E-state index >= 15 is 0 Å². The second-order valence-electron chi connectivity index (χ2n) is 2.32. The molecule has 0 aliphatic carbocycles. The number of nitrogen functional groups attached to an aromatic ring is 1. The van der Waals surface area contributed by atoms with E-state index in [9.17, 15) is 13.2 Å². The predicted molar refractivity (Wildman–Crippen MR) is 46.7 cm³/mol. The standard InChI is InChI=1S/C5H7N3O.C2HF3O2/c1-9-4-2-5(6)8-7-3-4;3-2(4,5)1(6)7/h2-3H,1H3,(H2,6,8);(H,6,7). The lowest BCUT2D eigenvalue weighted by Gasteiger charge is -1.95. The second-order valence-corrected chi connectivity index (χ2v) is 2.32. The lowest BCUT2D eigenvalue weighted by molar-refractivity contribution is -0.192. The molecule has 0 bridgehead atoms. The summed E-state index contributed by atoms with van der Waals surface area (Å²) in [5.74, 6) is -1.76. The van der Waals surface area contributed by atoms with Gasteiger partial charge in [-0.15, -0.1) is 5.10 Å². The number of carboxylic acids is 1. The van der Waals surface area contributed by atoms with Crippen molar-refractivity contribution >= 4 is 11.8 Å². The van der Waals surface area contributed by atoms with Crippen LogP contribution in [0.15, 0.2) is 12.3 Å². The van der Waals surface area contributed by atoms with Crippen LogP contribution in [0.2, 0.25) is 0 Å². The molecule has 0 spiro atoms. The van der Waals surface area contributed by atoms with Gasteiger partial charge in [0.15, 0.2) is 0 Å². The summed E-state index contributed by atoms with van der Waals surface area (Å²) in [6.07, 6.45) is -3.59. The molecule has 0 aromatic carbocycles. The molecule has 1 rings (SSSR count). The molecule has 0 unspecified atom stereocenters. The van der Waals surface area contributed by atoms with Gasteiger partial charge in [-0.3, -0.25) is 0 Å². The smallest absolute Gasteiger partial charge is 0.490 e. The summed E-state index contributed by atoms with van der Waals surface area (Å²) in [5.41, 5.74) is 5.28. The van der Waals surface area contributed by atoms with Gasteiger partial charge in [-0.1, -0.05) is 0 Å². The SMILES string of the molecule is COc1cnnc(N)c1.O=C(O)C(F)(F)F. The molecule has 1 heterocycles. The summed E-state index contributed by atoms with van der Waals surface area (Å²) in [5, 5.41) is 14.2. The van der Waals surface area contributed by atoms with Gasteiger partial charge in [0.05, 0.1) is 13.3 Å². The Bertz CT molecular complexity index is 356. The molecule has 0 saturated carbocycles. The van der Waals surface area contributed by atoms with E-state index in [1.807, 2.05) is 0 Å². The number of nitrogens with zero attached hydrogens (tertiary/aromatic N) is 2. The van der Waals surface area contributed by atoms with Crippen molar-refractivity contribution in [3.8, 4) is 5.75 Å². The van der Waals surface area contributed by atoms with Gasteiger partial charge >= 0.3 is 12.1 Å². The maximum atomic E-state index is 10.6. The normalized spacial score (nSPS) is 10.0. The van der Waals surface area contributed by atoms with Crippen LogP contribution < -0.4 is 10.5 Å². The highest BCUT2D eigenvalue weighted by atomic mass is 19.4. The van der Waals surface area contributed by atoms with E-state index < -0.39 is 12.1 Å². The number of hydrogen-bond donors (Lipinski definition) is 2. The number of methoxy groups -OCH3 is 1. The molecule has 6 nitrogen and oxygen atoms in total. The summed E-state index contributed by atoms with van der Waals surface area (Å²) >= 11 is 0. The quantitative estimate of drug-likeness (QED) is 0.748. The number of rotatable bonds is 1. The van der Waals surface area contributed by atoms with Crippen LogP contribution in [0.5, 0.6) is 5.75 Å².